The zero-order valence-corrected chi connectivity index (χ0v) is 34.8. The first-order valence-electron chi connectivity index (χ1n) is 18.8. The molecule has 0 unspecified atom stereocenters. The van der Waals surface area contributed by atoms with Crippen molar-refractivity contribution in [2.24, 2.45) is 0 Å². The van der Waals surface area contributed by atoms with Gasteiger partial charge in [-0.05, 0) is 110 Å². The first kappa shape index (κ1) is 41.0. The Kier molecular flexibility index (Phi) is 9.74. The quantitative estimate of drug-likeness (QED) is 0.0986. The maximum Gasteiger partial charge on any atom is 0.298 e. The van der Waals surface area contributed by atoms with Gasteiger partial charge in [-0.25, -0.2) is 4.90 Å². The third kappa shape index (κ3) is 7.02. The Bertz CT molecular complexity index is 3090. The standard InChI is InChI=1S/C45H36N2O12S2/c1-24(2)46-41(48)31-14-16-33-40-34(17-15-32(39(31)40)42(46)49)44(51)47(43(33)50)28-9-7-11-30(23-28)59-36-19-13-27(22-38(36)61(55,56)57)45(4,5)26-12-18-35(37(21-26)60(52,53)54)58-29-10-6-8-25(3)20-29/h6-24H,1-5H3,(H,52,53,54)(H,55,56,57). The van der Waals surface area contributed by atoms with Crippen LogP contribution in [0.5, 0.6) is 23.0 Å². The fraction of sp³-hybridized carbons (Fsp3) is 0.156. The van der Waals surface area contributed by atoms with E-state index in [1.807, 2.05) is 13.0 Å². The smallest absolute Gasteiger partial charge is 0.298 e. The van der Waals surface area contributed by atoms with Gasteiger partial charge in [0.1, 0.15) is 32.8 Å². The predicted molar refractivity (Wildman–Crippen MR) is 223 cm³/mol. The normalized spacial score (nSPS) is 14.3. The molecule has 0 saturated heterocycles. The van der Waals surface area contributed by atoms with Gasteiger partial charge in [0, 0.05) is 50.5 Å². The van der Waals surface area contributed by atoms with E-state index in [-0.39, 0.29) is 56.0 Å². The van der Waals surface area contributed by atoms with Crippen LogP contribution in [-0.4, -0.2) is 60.5 Å². The van der Waals surface area contributed by atoms with Crippen LogP contribution in [0, 0.1) is 6.92 Å². The second-order valence-corrected chi connectivity index (χ2v) is 18.3. The summed E-state index contributed by atoms with van der Waals surface area (Å²) in [6, 6.07) is 26.1. The molecule has 0 radical (unpaired) electrons. The van der Waals surface area contributed by atoms with E-state index in [0.29, 0.717) is 16.9 Å². The van der Waals surface area contributed by atoms with Gasteiger partial charge in [0.2, 0.25) is 0 Å². The van der Waals surface area contributed by atoms with Crippen molar-refractivity contribution in [3.05, 3.63) is 148 Å². The van der Waals surface area contributed by atoms with Crippen LogP contribution in [0.1, 0.15) is 85.8 Å². The number of rotatable bonds is 10. The van der Waals surface area contributed by atoms with Crippen molar-refractivity contribution in [3.8, 4) is 23.0 Å². The Morgan fingerprint density at radius 2 is 0.984 bits per heavy atom. The highest BCUT2D eigenvalue weighted by molar-refractivity contribution is 7.86. The lowest BCUT2D eigenvalue weighted by Gasteiger charge is -2.33. The molecule has 2 aliphatic rings. The van der Waals surface area contributed by atoms with Crippen LogP contribution < -0.4 is 14.4 Å². The van der Waals surface area contributed by atoms with Gasteiger partial charge in [-0.15, -0.1) is 0 Å². The van der Waals surface area contributed by atoms with Crippen molar-refractivity contribution in [1.82, 2.24) is 4.90 Å². The molecule has 4 amide bonds. The van der Waals surface area contributed by atoms with E-state index in [1.165, 1.54) is 78.9 Å². The number of aryl methyl sites for hydroxylation is 1. The van der Waals surface area contributed by atoms with Crippen molar-refractivity contribution in [2.45, 2.75) is 55.9 Å². The van der Waals surface area contributed by atoms with E-state index in [4.69, 9.17) is 9.47 Å². The zero-order valence-electron chi connectivity index (χ0n) is 33.2. The average Bonchev–Trinajstić information content (AvgIpc) is 3.18. The highest BCUT2D eigenvalue weighted by Gasteiger charge is 2.41. The molecule has 16 heteroatoms. The minimum atomic E-state index is -4.97. The molecular weight excluding hydrogens is 825 g/mol. The molecule has 6 aromatic rings. The SMILES string of the molecule is Cc1cccc(Oc2ccc(C(C)(C)c3ccc(Oc4cccc(N5C(=O)c6ccc7c8c(ccc(c68)C5=O)C(=O)N(C(C)C)C7=O)c4)c(S(=O)(=O)O)c3)cc2S(=O)(=O)O)c1. The highest BCUT2D eigenvalue weighted by Crippen LogP contribution is 2.42. The number of imide groups is 2. The highest BCUT2D eigenvalue weighted by atomic mass is 32.2. The van der Waals surface area contributed by atoms with Gasteiger partial charge in [-0.1, -0.05) is 44.2 Å². The monoisotopic (exact) mass is 860 g/mol. The van der Waals surface area contributed by atoms with Gasteiger partial charge in [0.25, 0.3) is 43.9 Å². The molecule has 0 saturated carbocycles. The number of hydrogen-bond donors (Lipinski definition) is 2. The number of anilines is 1. The van der Waals surface area contributed by atoms with E-state index < -0.39 is 65.1 Å². The van der Waals surface area contributed by atoms with Crippen LogP contribution in [0.15, 0.2) is 119 Å². The molecule has 2 aliphatic heterocycles. The summed E-state index contributed by atoms with van der Waals surface area (Å²) in [4.78, 5) is 55.8. The molecule has 0 aromatic heterocycles. The van der Waals surface area contributed by atoms with E-state index in [1.54, 1.807) is 52.0 Å². The Balaban J connectivity index is 1.12. The minimum absolute atomic E-state index is 0.0157. The van der Waals surface area contributed by atoms with Gasteiger partial charge in [-0.2, -0.15) is 16.8 Å². The lowest BCUT2D eigenvalue weighted by molar-refractivity contribution is 0.0562. The van der Waals surface area contributed by atoms with Gasteiger partial charge in [0.15, 0.2) is 0 Å². The lowest BCUT2D eigenvalue weighted by atomic mass is 9.78. The summed E-state index contributed by atoms with van der Waals surface area (Å²) in [7, 11) is -9.78. The number of amides is 4. The van der Waals surface area contributed by atoms with Crippen LogP contribution in [0.4, 0.5) is 5.69 Å². The van der Waals surface area contributed by atoms with Gasteiger partial charge in [-0.3, -0.25) is 33.2 Å². The fourth-order valence-corrected chi connectivity index (χ4v) is 9.03. The van der Waals surface area contributed by atoms with Crippen LogP contribution in [-0.2, 0) is 25.7 Å². The lowest BCUT2D eigenvalue weighted by Crippen LogP contribution is -2.45. The third-order valence-electron chi connectivity index (χ3n) is 10.9. The summed E-state index contributed by atoms with van der Waals surface area (Å²) in [5, 5.41) is 0.424. The molecule has 14 nitrogen and oxygen atoms in total. The summed E-state index contributed by atoms with van der Waals surface area (Å²) in [5.41, 5.74) is 0.988. The Labute approximate surface area is 350 Å². The van der Waals surface area contributed by atoms with E-state index in [9.17, 15) is 45.1 Å². The Morgan fingerprint density at radius 1 is 0.557 bits per heavy atom. The number of benzene rings is 6. The number of nitrogens with zero attached hydrogens (tertiary/aromatic N) is 2. The summed E-state index contributed by atoms with van der Waals surface area (Å²) < 4.78 is 83.2. The summed E-state index contributed by atoms with van der Waals surface area (Å²) in [6.45, 7) is 8.61. The molecule has 0 atom stereocenters. The minimum Gasteiger partial charge on any atom is -0.456 e. The van der Waals surface area contributed by atoms with E-state index in [0.717, 1.165) is 15.4 Å². The fourth-order valence-electron chi connectivity index (χ4n) is 7.75. The second kappa shape index (κ2) is 14.5. The summed E-state index contributed by atoms with van der Waals surface area (Å²) in [6.07, 6.45) is 0. The molecule has 0 aliphatic carbocycles. The molecule has 8 rings (SSSR count). The molecular formula is C45H36N2O12S2. The molecule has 61 heavy (non-hydrogen) atoms. The van der Waals surface area contributed by atoms with Crippen molar-refractivity contribution >= 4 is 60.3 Å². The third-order valence-corrected chi connectivity index (χ3v) is 12.6. The van der Waals surface area contributed by atoms with Gasteiger partial charge in [0.05, 0.1) is 5.69 Å². The van der Waals surface area contributed by atoms with Crippen LogP contribution >= 0.6 is 0 Å². The van der Waals surface area contributed by atoms with E-state index in [2.05, 4.69) is 0 Å². The number of carbonyl (C=O) groups excluding carboxylic acids is 4. The largest absolute Gasteiger partial charge is 0.456 e. The zero-order chi connectivity index (χ0) is 43.9. The molecule has 0 spiro atoms. The van der Waals surface area contributed by atoms with E-state index >= 15 is 0 Å². The van der Waals surface area contributed by atoms with Crippen molar-refractivity contribution in [2.75, 3.05) is 4.90 Å². The van der Waals surface area contributed by atoms with Crippen molar-refractivity contribution in [3.63, 3.8) is 0 Å². The molecule has 2 heterocycles. The maximum atomic E-state index is 14.1. The molecule has 310 valence electrons. The topological polar surface area (TPSA) is 202 Å². The number of carbonyl (C=O) groups is 4. The average molecular weight is 861 g/mol. The first-order valence-corrected chi connectivity index (χ1v) is 21.7. The van der Waals surface area contributed by atoms with Crippen molar-refractivity contribution in [1.29, 1.82) is 0 Å². The predicted octanol–water partition coefficient (Wildman–Crippen LogP) is 8.36. The summed E-state index contributed by atoms with van der Waals surface area (Å²) in [5.74, 6) is -2.66. The Hall–Kier alpha value is -6.72. The second-order valence-electron chi connectivity index (χ2n) is 15.5. The molecule has 2 N–H and O–H groups in total. The van der Waals surface area contributed by atoms with Crippen LogP contribution in [0.3, 0.4) is 0 Å². The first-order chi connectivity index (χ1) is 28.7. The van der Waals surface area contributed by atoms with Crippen molar-refractivity contribution < 1.29 is 54.6 Å². The molecule has 6 aromatic carbocycles. The van der Waals surface area contributed by atoms with Crippen LogP contribution in [0.2, 0.25) is 0 Å². The molecule has 0 fully saturated rings. The number of hydrogen-bond acceptors (Lipinski definition) is 10. The van der Waals surface area contributed by atoms with Gasteiger partial charge >= 0.3 is 0 Å². The summed E-state index contributed by atoms with van der Waals surface area (Å²) >= 11 is 0. The Morgan fingerprint density at radius 3 is 1.41 bits per heavy atom. The van der Waals surface area contributed by atoms with Crippen LogP contribution in [0.25, 0.3) is 10.8 Å². The maximum absolute atomic E-state index is 14.1. The molecule has 0 bridgehead atoms. The number of ether oxygens (including phenoxy) is 2. The van der Waals surface area contributed by atoms with Gasteiger partial charge < -0.3 is 9.47 Å².